The monoisotopic (exact) mass is 476 g/mol. The maximum absolute atomic E-state index is 13.0. The smallest absolute Gasteiger partial charge is 0.283 e. The zero-order valence-electron chi connectivity index (χ0n) is 18.3. The van der Waals surface area contributed by atoms with Crippen LogP contribution < -0.4 is 10.5 Å². The lowest BCUT2D eigenvalue weighted by Crippen LogP contribution is -2.38. The van der Waals surface area contributed by atoms with Gasteiger partial charge in [0, 0.05) is 25.4 Å². The normalized spacial score (nSPS) is 18.5. The number of hydrogen-bond donors (Lipinski definition) is 2. The standard InChI is InChI=1S/C23H28N2O7S/c1-30-19-7-9-20(10-8-19)33(28,29)25(11-13-26)12-14-31-22-16-18(15-21(32-22)23(24)27)17-5-3-2-4-6-17/h2-10,15,18,22,26H,11-14,16H2,1H3,(H2,24,27)/t18-,22+/m1/s1. The van der Waals surface area contributed by atoms with E-state index in [2.05, 4.69) is 0 Å². The maximum atomic E-state index is 13.0. The first-order valence-electron chi connectivity index (χ1n) is 10.4. The molecule has 3 rings (SSSR count). The first-order chi connectivity index (χ1) is 15.8. The fourth-order valence-corrected chi connectivity index (χ4v) is 4.92. The Morgan fingerprint density at radius 3 is 2.45 bits per heavy atom. The van der Waals surface area contributed by atoms with Crippen molar-refractivity contribution in [1.29, 1.82) is 0 Å². The number of carbonyl (C=O) groups is 1. The summed E-state index contributed by atoms with van der Waals surface area (Å²) >= 11 is 0. The number of benzene rings is 2. The number of carbonyl (C=O) groups excluding carboxylic acids is 1. The Hall–Kier alpha value is -2.92. The van der Waals surface area contributed by atoms with Crippen LogP contribution in [0.4, 0.5) is 0 Å². The summed E-state index contributed by atoms with van der Waals surface area (Å²) in [5.74, 6) is -0.290. The van der Waals surface area contributed by atoms with Crippen molar-refractivity contribution < 1.29 is 32.5 Å². The van der Waals surface area contributed by atoms with Gasteiger partial charge >= 0.3 is 0 Å². The first kappa shape index (κ1) is 24.7. The highest BCUT2D eigenvalue weighted by Gasteiger charge is 2.29. The van der Waals surface area contributed by atoms with E-state index in [1.165, 1.54) is 19.2 Å². The molecule has 1 heterocycles. The lowest BCUT2D eigenvalue weighted by atomic mass is 9.93. The number of aliphatic hydroxyl groups excluding tert-OH is 1. The highest BCUT2D eigenvalue weighted by Crippen LogP contribution is 2.31. The summed E-state index contributed by atoms with van der Waals surface area (Å²) < 4.78 is 43.6. The molecule has 2 atom stereocenters. The van der Waals surface area contributed by atoms with E-state index in [0.717, 1.165) is 9.87 Å². The maximum Gasteiger partial charge on any atom is 0.283 e. The molecule has 10 heteroatoms. The van der Waals surface area contributed by atoms with Gasteiger partial charge in [0.15, 0.2) is 5.76 Å². The second-order valence-electron chi connectivity index (χ2n) is 7.37. The average Bonchev–Trinajstić information content (AvgIpc) is 2.83. The molecule has 0 aliphatic carbocycles. The minimum atomic E-state index is -3.86. The molecule has 1 aliphatic heterocycles. The number of allylic oxidation sites excluding steroid dienone is 1. The van der Waals surface area contributed by atoms with Crippen LogP contribution >= 0.6 is 0 Å². The number of nitrogens with zero attached hydrogens (tertiary/aromatic N) is 1. The minimum Gasteiger partial charge on any atom is -0.497 e. The predicted molar refractivity (Wildman–Crippen MR) is 121 cm³/mol. The summed E-state index contributed by atoms with van der Waals surface area (Å²) in [6.07, 6.45) is 1.33. The molecule has 0 unspecified atom stereocenters. The Labute approximate surface area is 193 Å². The summed E-state index contributed by atoms with van der Waals surface area (Å²) in [6, 6.07) is 15.6. The SMILES string of the molecule is COc1ccc(S(=O)(=O)N(CCO)CCO[C@@H]2C[C@H](c3ccccc3)C=C(C(N)=O)O2)cc1. The molecule has 0 saturated carbocycles. The lowest BCUT2D eigenvalue weighted by molar-refractivity contribution is -0.144. The van der Waals surface area contributed by atoms with Gasteiger partial charge in [-0.1, -0.05) is 30.3 Å². The molecule has 2 aromatic rings. The largest absolute Gasteiger partial charge is 0.497 e. The van der Waals surface area contributed by atoms with Gasteiger partial charge in [0.1, 0.15) is 5.75 Å². The number of sulfonamides is 1. The summed E-state index contributed by atoms with van der Waals surface area (Å²) in [5.41, 5.74) is 6.40. The van der Waals surface area contributed by atoms with Crippen molar-refractivity contribution in [1.82, 2.24) is 4.31 Å². The van der Waals surface area contributed by atoms with E-state index < -0.39 is 22.2 Å². The molecule has 178 valence electrons. The van der Waals surface area contributed by atoms with Gasteiger partial charge < -0.3 is 25.1 Å². The van der Waals surface area contributed by atoms with Crippen LogP contribution in [-0.4, -0.2) is 63.4 Å². The van der Waals surface area contributed by atoms with E-state index in [0.29, 0.717) is 12.2 Å². The third-order valence-corrected chi connectivity index (χ3v) is 7.13. The quantitative estimate of drug-likeness (QED) is 0.504. The van der Waals surface area contributed by atoms with Crippen LogP contribution in [0.1, 0.15) is 17.9 Å². The fraction of sp³-hybridized carbons (Fsp3) is 0.348. The number of primary amides is 1. The third-order valence-electron chi connectivity index (χ3n) is 5.22. The molecule has 3 N–H and O–H groups in total. The van der Waals surface area contributed by atoms with Gasteiger partial charge in [-0.2, -0.15) is 4.31 Å². The number of ether oxygens (including phenoxy) is 3. The summed E-state index contributed by atoms with van der Waals surface area (Å²) in [4.78, 5) is 11.8. The molecule has 0 fully saturated rings. The van der Waals surface area contributed by atoms with Crippen LogP contribution in [0.25, 0.3) is 0 Å². The van der Waals surface area contributed by atoms with Crippen LogP contribution in [0.3, 0.4) is 0 Å². The van der Waals surface area contributed by atoms with Crippen molar-refractivity contribution in [3.05, 3.63) is 72.0 Å². The molecule has 0 bridgehead atoms. The Morgan fingerprint density at radius 2 is 1.85 bits per heavy atom. The van der Waals surface area contributed by atoms with Gasteiger partial charge in [-0.15, -0.1) is 0 Å². The molecule has 0 radical (unpaired) electrons. The molecule has 0 spiro atoms. The van der Waals surface area contributed by atoms with E-state index >= 15 is 0 Å². The van der Waals surface area contributed by atoms with E-state index in [9.17, 15) is 18.3 Å². The number of rotatable bonds is 11. The van der Waals surface area contributed by atoms with Crippen LogP contribution in [0, 0.1) is 0 Å². The molecule has 2 aromatic carbocycles. The summed E-state index contributed by atoms with van der Waals surface area (Å²) in [7, 11) is -2.36. The average molecular weight is 477 g/mol. The van der Waals surface area contributed by atoms with Crippen LogP contribution in [0.15, 0.2) is 71.3 Å². The number of methoxy groups -OCH3 is 1. The Bertz CT molecular complexity index is 1060. The Kier molecular flexibility index (Phi) is 8.45. The van der Waals surface area contributed by atoms with Crippen molar-refractivity contribution in [3.63, 3.8) is 0 Å². The van der Waals surface area contributed by atoms with Gasteiger partial charge in [0.2, 0.25) is 16.3 Å². The zero-order chi connectivity index (χ0) is 23.8. The van der Waals surface area contributed by atoms with Gasteiger partial charge in [-0.3, -0.25) is 4.79 Å². The second-order valence-corrected chi connectivity index (χ2v) is 9.31. The van der Waals surface area contributed by atoms with Crippen molar-refractivity contribution in [2.45, 2.75) is 23.5 Å². The lowest BCUT2D eigenvalue weighted by Gasteiger charge is -2.29. The Morgan fingerprint density at radius 1 is 1.15 bits per heavy atom. The molecular weight excluding hydrogens is 448 g/mol. The number of nitrogens with two attached hydrogens (primary N) is 1. The predicted octanol–water partition coefficient (Wildman–Crippen LogP) is 1.59. The number of hydrogen-bond acceptors (Lipinski definition) is 7. The fourth-order valence-electron chi connectivity index (χ4n) is 3.51. The first-order valence-corrected chi connectivity index (χ1v) is 11.9. The highest BCUT2D eigenvalue weighted by atomic mass is 32.2. The van der Waals surface area contributed by atoms with Crippen molar-refractivity contribution in [3.8, 4) is 5.75 Å². The highest BCUT2D eigenvalue weighted by molar-refractivity contribution is 7.89. The van der Waals surface area contributed by atoms with E-state index in [4.69, 9.17) is 19.9 Å². The molecule has 9 nitrogen and oxygen atoms in total. The third kappa shape index (κ3) is 6.32. The van der Waals surface area contributed by atoms with Gasteiger partial charge in [-0.05, 0) is 35.9 Å². The molecule has 0 aromatic heterocycles. The molecule has 1 aliphatic rings. The number of aliphatic hydroxyl groups is 1. The zero-order valence-corrected chi connectivity index (χ0v) is 19.1. The van der Waals surface area contributed by atoms with Crippen molar-refractivity contribution in [2.24, 2.45) is 5.73 Å². The van der Waals surface area contributed by atoms with Crippen LogP contribution in [-0.2, 0) is 24.3 Å². The van der Waals surface area contributed by atoms with Crippen LogP contribution in [0.5, 0.6) is 5.75 Å². The molecular formula is C23H28N2O7S. The van der Waals surface area contributed by atoms with E-state index in [-0.39, 0.29) is 42.9 Å². The number of amides is 1. The molecule has 0 saturated heterocycles. The summed E-state index contributed by atoms with van der Waals surface area (Å²) in [5, 5.41) is 9.38. The molecule has 1 amide bonds. The summed E-state index contributed by atoms with van der Waals surface area (Å²) in [6.45, 7) is -0.462. The molecule has 33 heavy (non-hydrogen) atoms. The van der Waals surface area contributed by atoms with Crippen LogP contribution in [0.2, 0.25) is 0 Å². The van der Waals surface area contributed by atoms with Gasteiger partial charge in [-0.25, -0.2) is 8.42 Å². The second kappa shape index (κ2) is 11.3. The van der Waals surface area contributed by atoms with Crippen molar-refractivity contribution in [2.75, 3.05) is 33.4 Å². The Balaban J connectivity index is 1.67. The van der Waals surface area contributed by atoms with Crippen molar-refractivity contribution >= 4 is 15.9 Å². The topological polar surface area (TPSA) is 128 Å². The minimum absolute atomic E-state index is 0.00635. The van der Waals surface area contributed by atoms with Gasteiger partial charge in [0.25, 0.3) is 5.91 Å². The van der Waals surface area contributed by atoms with E-state index in [1.807, 2.05) is 30.3 Å². The van der Waals surface area contributed by atoms with E-state index in [1.54, 1.807) is 18.2 Å². The van der Waals surface area contributed by atoms with Gasteiger partial charge in [0.05, 0.1) is 25.2 Å².